The standard InChI is InChI=1S/C9H9ClN3/c10-7-2-1-3-8-9(7)13(5-4-11)6-12-8/h1-3H,4-5,11H2. The molecule has 0 bridgehead atoms. The molecule has 2 rings (SSSR count). The normalized spacial score (nSPS) is 10.9. The van der Waals surface area contributed by atoms with Gasteiger partial charge in [-0.05, 0) is 12.1 Å². The average Bonchev–Trinajstić information content (AvgIpc) is 2.51. The van der Waals surface area contributed by atoms with Crippen LogP contribution in [0.3, 0.4) is 0 Å². The Balaban J connectivity index is 2.64. The monoisotopic (exact) mass is 194 g/mol. The number of hydrogen-bond donors (Lipinski definition) is 1. The minimum atomic E-state index is 0.563. The summed E-state index contributed by atoms with van der Waals surface area (Å²) < 4.78 is 1.84. The van der Waals surface area contributed by atoms with Gasteiger partial charge in [-0.2, -0.15) is 0 Å². The molecule has 2 N–H and O–H groups in total. The van der Waals surface area contributed by atoms with E-state index in [1.54, 1.807) is 0 Å². The fourth-order valence-corrected chi connectivity index (χ4v) is 1.59. The van der Waals surface area contributed by atoms with Crippen molar-refractivity contribution in [2.75, 3.05) is 6.54 Å². The molecule has 1 aromatic heterocycles. The highest BCUT2D eigenvalue weighted by molar-refractivity contribution is 6.34. The lowest BCUT2D eigenvalue weighted by Gasteiger charge is -2.01. The Morgan fingerprint density at radius 1 is 1.54 bits per heavy atom. The molecule has 0 saturated heterocycles. The Labute approximate surface area is 81.1 Å². The van der Waals surface area contributed by atoms with E-state index < -0.39 is 0 Å². The molecule has 3 nitrogen and oxygen atoms in total. The van der Waals surface area contributed by atoms with Crippen molar-refractivity contribution in [1.29, 1.82) is 0 Å². The number of para-hydroxylation sites is 1. The Kier molecular flexibility index (Phi) is 2.20. The molecule has 0 aliphatic carbocycles. The average molecular weight is 195 g/mol. The molecule has 0 saturated carbocycles. The Morgan fingerprint density at radius 2 is 2.38 bits per heavy atom. The summed E-state index contributed by atoms with van der Waals surface area (Å²) in [5.41, 5.74) is 7.22. The van der Waals surface area contributed by atoms with Gasteiger partial charge >= 0.3 is 0 Å². The highest BCUT2D eigenvalue weighted by Gasteiger charge is 2.05. The van der Waals surface area contributed by atoms with Gasteiger partial charge in [0.15, 0.2) is 6.33 Å². The van der Waals surface area contributed by atoms with Crippen LogP contribution in [0.5, 0.6) is 0 Å². The SMILES string of the molecule is NCCn1[c]nc2cccc(Cl)c21. The van der Waals surface area contributed by atoms with Crippen molar-refractivity contribution in [1.82, 2.24) is 9.55 Å². The van der Waals surface area contributed by atoms with Crippen molar-refractivity contribution in [2.24, 2.45) is 5.73 Å². The van der Waals surface area contributed by atoms with Crippen molar-refractivity contribution in [3.8, 4) is 0 Å². The molecule has 0 aliphatic heterocycles. The molecule has 0 unspecified atom stereocenters. The molecule has 0 aliphatic rings. The molecule has 0 amide bonds. The first-order valence-corrected chi connectivity index (χ1v) is 4.43. The first kappa shape index (κ1) is 8.53. The van der Waals surface area contributed by atoms with E-state index in [9.17, 15) is 0 Å². The third kappa shape index (κ3) is 1.41. The molecule has 0 spiro atoms. The van der Waals surface area contributed by atoms with Crippen LogP contribution in [0, 0.1) is 6.33 Å². The number of rotatable bonds is 2. The topological polar surface area (TPSA) is 43.8 Å². The van der Waals surface area contributed by atoms with Gasteiger partial charge in [-0.1, -0.05) is 17.7 Å². The number of benzene rings is 1. The minimum absolute atomic E-state index is 0.563. The summed E-state index contributed by atoms with van der Waals surface area (Å²) in [4.78, 5) is 4.10. The summed E-state index contributed by atoms with van der Waals surface area (Å²) in [5.74, 6) is 0. The number of halogens is 1. The highest BCUT2D eigenvalue weighted by atomic mass is 35.5. The van der Waals surface area contributed by atoms with Crippen molar-refractivity contribution in [2.45, 2.75) is 6.54 Å². The Morgan fingerprint density at radius 3 is 3.15 bits per heavy atom. The van der Waals surface area contributed by atoms with E-state index >= 15 is 0 Å². The molecule has 4 heteroatoms. The van der Waals surface area contributed by atoms with E-state index in [2.05, 4.69) is 11.3 Å². The number of nitrogens with zero attached hydrogens (tertiary/aromatic N) is 2. The van der Waals surface area contributed by atoms with Gasteiger partial charge in [0.25, 0.3) is 0 Å². The predicted octanol–water partition coefficient (Wildman–Crippen LogP) is 1.45. The van der Waals surface area contributed by atoms with Crippen LogP contribution in [0.1, 0.15) is 0 Å². The zero-order valence-corrected chi connectivity index (χ0v) is 7.75. The Bertz CT molecular complexity index is 422. The van der Waals surface area contributed by atoms with Gasteiger partial charge in [-0.15, -0.1) is 0 Å². The Hall–Kier alpha value is -1.06. The summed E-state index contributed by atoms with van der Waals surface area (Å²) >= 11 is 6.02. The second-order valence-electron chi connectivity index (χ2n) is 2.76. The lowest BCUT2D eigenvalue weighted by atomic mass is 10.3. The van der Waals surface area contributed by atoms with Crippen LogP contribution in [0.15, 0.2) is 18.2 Å². The van der Waals surface area contributed by atoms with Gasteiger partial charge in [0.1, 0.15) is 0 Å². The molecule has 1 radical (unpaired) electrons. The van der Waals surface area contributed by atoms with E-state index in [0.717, 1.165) is 11.0 Å². The highest BCUT2D eigenvalue weighted by Crippen LogP contribution is 2.21. The van der Waals surface area contributed by atoms with E-state index in [1.807, 2.05) is 22.8 Å². The minimum Gasteiger partial charge on any atom is -0.329 e. The van der Waals surface area contributed by atoms with Crippen molar-refractivity contribution in [3.63, 3.8) is 0 Å². The summed E-state index contributed by atoms with van der Waals surface area (Å²) in [6, 6.07) is 5.62. The smallest absolute Gasteiger partial charge is 0.177 e. The fourth-order valence-electron chi connectivity index (χ4n) is 1.32. The van der Waals surface area contributed by atoms with E-state index in [1.165, 1.54) is 0 Å². The second kappa shape index (κ2) is 3.36. The summed E-state index contributed by atoms with van der Waals surface area (Å²) in [6.45, 7) is 1.26. The molecule has 67 valence electrons. The number of hydrogen-bond acceptors (Lipinski definition) is 2. The third-order valence-corrected chi connectivity index (χ3v) is 2.18. The van der Waals surface area contributed by atoms with Gasteiger partial charge < -0.3 is 10.3 Å². The van der Waals surface area contributed by atoms with Gasteiger partial charge in [-0.25, -0.2) is 4.98 Å². The summed E-state index contributed by atoms with van der Waals surface area (Å²) in [7, 11) is 0. The number of fused-ring (bicyclic) bond motifs is 1. The molecule has 2 aromatic rings. The number of imidazole rings is 1. The van der Waals surface area contributed by atoms with Crippen LogP contribution < -0.4 is 5.73 Å². The number of nitrogens with two attached hydrogens (primary N) is 1. The van der Waals surface area contributed by atoms with Crippen molar-refractivity contribution >= 4 is 22.6 Å². The van der Waals surface area contributed by atoms with Crippen LogP contribution in [0.25, 0.3) is 11.0 Å². The van der Waals surface area contributed by atoms with Crippen LogP contribution in [-0.2, 0) is 6.54 Å². The lowest BCUT2D eigenvalue weighted by molar-refractivity contribution is 0.722. The first-order chi connectivity index (χ1) is 6.33. The zero-order valence-electron chi connectivity index (χ0n) is 7.00. The maximum atomic E-state index is 6.02. The van der Waals surface area contributed by atoms with Gasteiger partial charge in [-0.3, -0.25) is 0 Å². The van der Waals surface area contributed by atoms with Crippen LogP contribution in [-0.4, -0.2) is 16.1 Å². The van der Waals surface area contributed by atoms with Crippen molar-refractivity contribution in [3.05, 3.63) is 29.5 Å². The molecular weight excluding hydrogens is 186 g/mol. The van der Waals surface area contributed by atoms with Crippen LogP contribution in [0.4, 0.5) is 0 Å². The van der Waals surface area contributed by atoms with E-state index in [-0.39, 0.29) is 0 Å². The van der Waals surface area contributed by atoms with Gasteiger partial charge in [0.2, 0.25) is 0 Å². The molecule has 13 heavy (non-hydrogen) atoms. The molecule has 0 fully saturated rings. The molecular formula is C9H9ClN3. The third-order valence-electron chi connectivity index (χ3n) is 1.88. The van der Waals surface area contributed by atoms with Gasteiger partial charge in [0.05, 0.1) is 16.1 Å². The molecule has 1 aromatic carbocycles. The zero-order chi connectivity index (χ0) is 9.26. The summed E-state index contributed by atoms with van der Waals surface area (Å²) in [5, 5.41) is 0.694. The largest absolute Gasteiger partial charge is 0.329 e. The lowest BCUT2D eigenvalue weighted by Crippen LogP contribution is -2.08. The van der Waals surface area contributed by atoms with Crippen LogP contribution >= 0.6 is 11.6 Å². The quantitative estimate of drug-likeness (QED) is 0.787. The maximum Gasteiger partial charge on any atom is 0.177 e. The summed E-state index contributed by atoms with van der Waals surface area (Å²) in [6.07, 6.45) is 2.86. The van der Waals surface area contributed by atoms with Crippen molar-refractivity contribution < 1.29 is 0 Å². The number of aromatic nitrogens is 2. The molecule has 1 heterocycles. The fraction of sp³-hybridized carbons (Fsp3) is 0.222. The van der Waals surface area contributed by atoms with Gasteiger partial charge in [0, 0.05) is 13.1 Å². The van der Waals surface area contributed by atoms with Crippen LogP contribution in [0.2, 0.25) is 5.02 Å². The van der Waals surface area contributed by atoms with E-state index in [0.29, 0.717) is 18.1 Å². The predicted molar refractivity (Wildman–Crippen MR) is 52.6 cm³/mol. The maximum absolute atomic E-state index is 6.02. The first-order valence-electron chi connectivity index (χ1n) is 4.05. The molecule has 0 atom stereocenters. The van der Waals surface area contributed by atoms with E-state index in [4.69, 9.17) is 17.3 Å². The second-order valence-corrected chi connectivity index (χ2v) is 3.17.